The van der Waals surface area contributed by atoms with Crippen molar-refractivity contribution >= 4 is 5.91 Å². The van der Waals surface area contributed by atoms with Gasteiger partial charge in [-0.05, 0) is 25.0 Å². The number of likely N-dealkylation sites (tertiary alicyclic amines) is 1. The minimum Gasteiger partial charge on any atom is -0.471 e. The van der Waals surface area contributed by atoms with E-state index < -0.39 is 0 Å². The SMILES string of the molecule is O=C(c1ccc(=O)[nH]c1)N1CCC[C@@H](Oc2cccnn2)C1. The van der Waals surface area contributed by atoms with E-state index in [9.17, 15) is 9.59 Å². The van der Waals surface area contributed by atoms with Gasteiger partial charge in [-0.25, -0.2) is 0 Å². The van der Waals surface area contributed by atoms with Gasteiger partial charge in [-0.1, -0.05) is 0 Å². The Morgan fingerprint density at radius 2 is 2.27 bits per heavy atom. The molecule has 1 fully saturated rings. The highest BCUT2D eigenvalue weighted by atomic mass is 16.5. The van der Waals surface area contributed by atoms with Crippen molar-refractivity contribution in [3.8, 4) is 5.88 Å². The Hall–Kier alpha value is -2.70. The number of hydrogen-bond acceptors (Lipinski definition) is 5. The van der Waals surface area contributed by atoms with Gasteiger partial charge in [0.1, 0.15) is 6.10 Å². The summed E-state index contributed by atoms with van der Waals surface area (Å²) in [5.41, 5.74) is 0.249. The Balaban J connectivity index is 1.66. The predicted octanol–water partition coefficient (Wildman–Crippen LogP) is 0.848. The fraction of sp³-hybridized carbons (Fsp3) is 0.333. The Kier molecular flexibility index (Phi) is 4.13. The molecule has 1 aliphatic heterocycles. The summed E-state index contributed by atoms with van der Waals surface area (Å²) < 4.78 is 5.77. The van der Waals surface area contributed by atoms with Crippen molar-refractivity contribution in [2.24, 2.45) is 0 Å². The van der Waals surface area contributed by atoms with Crippen LogP contribution in [0.15, 0.2) is 41.5 Å². The molecular formula is C15H16N4O3. The van der Waals surface area contributed by atoms with Crippen molar-refractivity contribution in [3.05, 3.63) is 52.6 Å². The topological polar surface area (TPSA) is 88.2 Å². The van der Waals surface area contributed by atoms with Crippen LogP contribution in [0.1, 0.15) is 23.2 Å². The fourth-order valence-electron chi connectivity index (χ4n) is 2.47. The predicted molar refractivity (Wildman–Crippen MR) is 78.6 cm³/mol. The lowest BCUT2D eigenvalue weighted by Crippen LogP contribution is -2.44. The highest BCUT2D eigenvalue weighted by molar-refractivity contribution is 5.93. The molecule has 7 heteroatoms. The number of ether oxygens (including phenoxy) is 1. The number of nitrogens with one attached hydrogen (secondary N) is 1. The van der Waals surface area contributed by atoms with Crippen LogP contribution >= 0.6 is 0 Å². The number of hydrogen-bond donors (Lipinski definition) is 1. The normalized spacial score (nSPS) is 18.0. The molecule has 0 unspecified atom stereocenters. The van der Waals surface area contributed by atoms with E-state index in [2.05, 4.69) is 15.2 Å². The number of aromatic amines is 1. The molecule has 0 radical (unpaired) electrons. The van der Waals surface area contributed by atoms with Gasteiger partial charge in [-0.3, -0.25) is 9.59 Å². The van der Waals surface area contributed by atoms with E-state index in [1.165, 1.54) is 18.3 Å². The summed E-state index contributed by atoms with van der Waals surface area (Å²) in [7, 11) is 0. The van der Waals surface area contributed by atoms with Gasteiger partial charge in [0.15, 0.2) is 0 Å². The quantitative estimate of drug-likeness (QED) is 0.908. The number of H-pyrrole nitrogens is 1. The molecule has 7 nitrogen and oxygen atoms in total. The maximum atomic E-state index is 12.4. The van der Waals surface area contributed by atoms with Gasteiger partial charge >= 0.3 is 0 Å². The van der Waals surface area contributed by atoms with Gasteiger partial charge in [-0.15, -0.1) is 5.10 Å². The lowest BCUT2D eigenvalue weighted by atomic mass is 10.1. The molecule has 0 aliphatic carbocycles. The minimum absolute atomic E-state index is 0.0999. The van der Waals surface area contributed by atoms with Gasteiger partial charge in [0.05, 0.1) is 12.1 Å². The third-order valence-corrected chi connectivity index (χ3v) is 3.53. The molecule has 2 aromatic heterocycles. The van der Waals surface area contributed by atoms with Crippen LogP contribution in [0, 0.1) is 0 Å². The average Bonchev–Trinajstić information content (AvgIpc) is 2.56. The average molecular weight is 300 g/mol. The van der Waals surface area contributed by atoms with E-state index in [0.717, 1.165) is 12.8 Å². The zero-order chi connectivity index (χ0) is 15.4. The van der Waals surface area contributed by atoms with Crippen LogP contribution in [0.2, 0.25) is 0 Å². The van der Waals surface area contributed by atoms with Crippen molar-refractivity contribution in [3.63, 3.8) is 0 Å². The van der Waals surface area contributed by atoms with Crippen LogP contribution in [-0.2, 0) is 0 Å². The second kappa shape index (κ2) is 6.38. The number of aromatic nitrogens is 3. The standard InChI is InChI=1S/C15H16N4O3/c20-13-6-5-11(9-16-13)15(21)19-8-2-3-12(10-19)22-14-4-1-7-17-18-14/h1,4-7,9,12H,2-3,8,10H2,(H,16,20)/t12-/m1/s1. The second-order valence-electron chi connectivity index (χ2n) is 5.14. The molecule has 114 valence electrons. The summed E-state index contributed by atoms with van der Waals surface area (Å²) >= 11 is 0. The van der Waals surface area contributed by atoms with Gasteiger partial charge in [0, 0.05) is 31.1 Å². The van der Waals surface area contributed by atoms with E-state index in [1.807, 2.05) is 0 Å². The molecule has 0 spiro atoms. The number of carbonyl (C=O) groups is 1. The Labute approximate surface area is 126 Å². The van der Waals surface area contributed by atoms with E-state index in [-0.39, 0.29) is 17.6 Å². The van der Waals surface area contributed by atoms with Crippen molar-refractivity contribution in [1.29, 1.82) is 0 Å². The van der Waals surface area contributed by atoms with E-state index in [0.29, 0.717) is 24.5 Å². The van der Waals surface area contributed by atoms with Crippen LogP contribution < -0.4 is 10.3 Å². The molecule has 1 atom stereocenters. The zero-order valence-corrected chi connectivity index (χ0v) is 11.9. The molecule has 1 amide bonds. The Morgan fingerprint density at radius 1 is 1.36 bits per heavy atom. The first-order chi connectivity index (χ1) is 10.7. The highest BCUT2D eigenvalue weighted by Crippen LogP contribution is 2.17. The number of piperidine rings is 1. The maximum absolute atomic E-state index is 12.4. The first kappa shape index (κ1) is 14.2. The lowest BCUT2D eigenvalue weighted by molar-refractivity contribution is 0.0525. The monoisotopic (exact) mass is 300 g/mol. The molecule has 0 bridgehead atoms. The zero-order valence-electron chi connectivity index (χ0n) is 11.9. The molecule has 0 aromatic carbocycles. The number of pyridine rings is 1. The van der Waals surface area contributed by atoms with Gasteiger partial charge in [0.25, 0.3) is 5.91 Å². The number of amides is 1. The van der Waals surface area contributed by atoms with Crippen molar-refractivity contribution < 1.29 is 9.53 Å². The first-order valence-electron chi connectivity index (χ1n) is 7.15. The molecule has 1 aliphatic rings. The molecule has 3 heterocycles. The second-order valence-corrected chi connectivity index (χ2v) is 5.14. The van der Waals surface area contributed by atoms with Crippen molar-refractivity contribution in [2.75, 3.05) is 13.1 Å². The summed E-state index contributed by atoms with van der Waals surface area (Å²) in [5, 5.41) is 7.67. The molecular weight excluding hydrogens is 284 g/mol. The summed E-state index contributed by atoms with van der Waals surface area (Å²) in [6.07, 6.45) is 4.65. The maximum Gasteiger partial charge on any atom is 0.255 e. The minimum atomic E-state index is -0.223. The molecule has 22 heavy (non-hydrogen) atoms. The van der Waals surface area contributed by atoms with Crippen LogP contribution in [0.3, 0.4) is 0 Å². The molecule has 1 saturated heterocycles. The Morgan fingerprint density at radius 3 is 3.00 bits per heavy atom. The largest absolute Gasteiger partial charge is 0.471 e. The van der Waals surface area contributed by atoms with Gasteiger partial charge < -0.3 is 14.6 Å². The third kappa shape index (κ3) is 3.30. The fourth-order valence-corrected chi connectivity index (χ4v) is 2.47. The molecule has 1 N–H and O–H groups in total. The molecule has 0 saturated carbocycles. The van der Waals surface area contributed by atoms with E-state index >= 15 is 0 Å². The summed E-state index contributed by atoms with van der Waals surface area (Å²) in [6.45, 7) is 1.17. The lowest BCUT2D eigenvalue weighted by Gasteiger charge is -2.32. The van der Waals surface area contributed by atoms with E-state index in [4.69, 9.17) is 4.74 Å². The molecule has 2 aromatic rings. The van der Waals surface area contributed by atoms with Crippen molar-refractivity contribution in [1.82, 2.24) is 20.1 Å². The number of carbonyl (C=O) groups excluding carboxylic acids is 1. The smallest absolute Gasteiger partial charge is 0.255 e. The van der Waals surface area contributed by atoms with Gasteiger partial charge in [0.2, 0.25) is 11.4 Å². The van der Waals surface area contributed by atoms with Crippen LogP contribution in [-0.4, -0.2) is 45.2 Å². The summed E-state index contributed by atoms with van der Waals surface area (Å²) in [4.78, 5) is 27.7. The summed E-state index contributed by atoms with van der Waals surface area (Å²) in [6, 6.07) is 6.39. The number of rotatable bonds is 3. The first-order valence-corrected chi connectivity index (χ1v) is 7.15. The van der Waals surface area contributed by atoms with Crippen molar-refractivity contribution in [2.45, 2.75) is 18.9 Å². The summed E-state index contributed by atoms with van der Waals surface area (Å²) in [5.74, 6) is 0.356. The van der Waals surface area contributed by atoms with Crippen LogP contribution in [0.5, 0.6) is 5.88 Å². The molecule has 3 rings (SSSR count). The highest BCUT2D eigenvalue weighted by Gasteiger charge is 2.26. The van der Waals surface area contributed by atoms with Crippen LogP contribution in [0.4, 0.5) is 0 Å². The van der Waals surface area contributed by atoms with E-state index in [1.54, 1.807) is 23.2 Å². The van der Waals surface area contributed by atoms with Crippen LogP contribution in [0.25, 0.3) is 0 Å². The third-order valence-electron chi connectivity index (χ3n) is 3.53. The van der Waals surface area contributed by atoms with Gasteiger partial charge in [-0.2, -0.15) is 5.10 Å². The number of nitrogens with zero attached hydrogens (tertiary/aromatic N) is 3. The Bertz CT molecular complexity index is 681.